The normalized spacial score (nSPS) is 18.2. The first-order valence-corrected chi connectivity index (χ1v) is 13.4. The van der Waals surface area contributed by atoms with Gasteiger partial charge in [0, 0.05) is 44.4 Å². The molecule has 0 radical (unpaired) electrons. The second-order valence-electron chi connectivity index (χ2n) is 10.8. The van der Waals surface area contributed by atoms with Crippen LogP contribution in [0.25, 0.3) is 0 Å². The maximum atomic E-state index is 13.8. The van der Waals surface area contributed by atoms with E-state index >= 15 is 0 Å². The van der Waals surface area contributed by atoms with Crippen molar-refractivity contribution in [1.29, 1.82) is 0 Å². The van der Waals surface area contributed by atoms with Gasteiger partial charge in [0.05, 0.1) is 6.10 Å². The fourth-order valence-corrected chi connectivity index (χ4v) is 5.00. The third kappa shape index (κ3) is 9.19. The first-order chi connectivity index (χ1) is 15.4. The van der Waals surface area contributed by atoms with Gasteiger partial charge in [0.1, 0.15) is 5.78 Å². The summed E-state index contributed by atoms with van der Waals surface area (Å²) in [5, 5.41) is 0. The van der Waals surface area contributed by atoms with Gasteiger partial charge in [0.25, 0.3) is 0 Å². The van der Waals surface area contributed by atoms with Gasteiger partial charge in [-0.3, -0.25) is 9.59 Å². The first-order valence-electron chi connectivity index (χ1n) is 13.4. The Hall–Kier alpha value is -1.16. The SMILES string of the molecule is C=C(C)[C@H](C)[C@@H](OC)[C@H](CCCC)C(=O)C[C@@H](CC)[C@H]([C@@H](C)CC)N(C)C(=O)[C@@H](C)C(C)C. The number of hydrogen-bond acceptors (Lipinski definition) is 3. The van der Waals surface area contributed by atoms with Gasteiger partial charge in [0.15, 0.2) is 0 Å². The number of hydrogen-bond donors (Lipinski definition) is 0. The van der Waals surface area contributed by atoms with Gasteiger partial charge in [-0.25, -0.2) is 0 Å². The molecule has 1 amide bonds. The van der Waals surface area contributed by atoms with Gasteiger partial charge in [-0.1, -0.05) is 93.2 Å². The average Bonchev–Trinajstić information content (AvgIpc) is 2.78. The van der Waals surface area contributed by atoms with Crippen molar-refractivity contribution in [2.45, 2.75) is 113 Å². The van der Waals surface area contributed by atoms with Crippen molar-refractivity contribution in [3.8, 4) is 0 Å². The molecule has 0 heterocycles. The van der Waals surface area contributed by atoms with E-state index in [1.54, 1.807) is 7.11 Å². The van der Waals surface area contributed by atoms with Gasteiger partial charge in [0.2, 0.25) is 5.91 Å². The molecule has 194 valence electrons. The molecular formula is C29H55NO3. The zero-order valence-corrected chi connectivity index (χ0v) is 23.7. The quantitative estimate of drug-likeness (QED) is 0.214. The lowest BCUT2D eigenvalue weighted by Crippen LogP contribution is -2.49. The molecular weight excluding hydrogens is 410 g/mol. The van der Waals surface area contributed by atoms with Crippen LogP contribution in [-0.2, 0) is 14.3 Å². The highest BCUT2D eigenvalue weighted by Crippen LogP contribution is 2.33. The molecule has 0 aromatic rings. The van der Waals surface area contributed by atoms with Crippen LogP contribution in [0.5, 0.6) is 0 Å². The Labute approximate surface area is 205 Å². The Bertz CT molecular complexity index is 600. The third-order valence-electron chi connectivity index (χ3n) is 8.10. The van der Waals surface area contributed by atoms with Crippen LogP contribution < -0.4 is 0 Å². The number of unbranched alkanes of at least 4 members (excludes halogenated alkanes) is 1. The summed E-state index contributed by atoms with van der Waals surface area (Å²) in [4.78, 5) is 29.0. The first kappa shape index (κ1) is 31.8. The number of ketones is 1. The summed E-state index contributed by atoms with van der Waals surface area (Å²) in [6, 6.07) is 0.0593. The van der Waals surface area contributed by atoms with Gasteiger partial charge >= 0.3 is 0 Å². The van der Waals surface area contributed by atoms with Crippen molar-refractivity contribution < 1.29 is 14.3 Å². The molecule has 0 saturated carbocycles. The minimum Gasteiger partial charge on any atom is -0.380 e. The third-order valence-corrected chi connectivity index (χ3v) is 8.10. The van der Waals surface area contributed by atoms with Crippen LogP contribution in [0.4, 0.5) is 0 Å². The van der Waals surface area contributed by atoms with Crippen LogP contribution in [0.3, 0.4) is 0 Å². The van der Waals surface area contributed by atoms with Crippen molar-refractivity contribution in [2.75, 3.05) is 14.2 Å². The van der Waals surface area contributed by atoms with Crippen LogP contribution >= 0.6 is 0 Å². The molecule has 0 aromatic heterocycles. The molecule has 0 saturated heterocycles. The van der Waals surface area contributed by atoms with Crippen LogP contribution in [0.15, 0.2) is 12.2 Å². The number of Topliss-reactive ketones (excluding diaryl/α,β-unsaturated/α-hetero) is 1. The van der Waals surface area contributed by atoms with Crippen molar-refractivity contribution in [1.82, 2.24) is 4.90 Å². The van der Waals surface area contributed by atoms with Gasteiger partial charge in [-0.15, -0.1) is 0 Å². The Morgan fingerprint density at radius 3 is 1.94 bits per heavy atom. The van der Waals surface area contributed by atoms with E-state index in [9.17, 15) is 9.59 Å². The Morgan fingerprint density at radius 1 is 0.970 bits per heavy atom. The van der Waals surface area contributed by atoms with Crippen molar-refractivity contribution >= 4 is 11.7 Å². The molecule has 0 aliphatic heterocycles. The topological polar surface area (TPSA) is 46.6 Å². The molecule has 0 spiro atoms. The Morgan fingerprint density at radius 2 is 1.55 bits per heavy atom. The molecule has 0 bridgehead atoms. The smallest absolute Gasteiger partial charge is 0.225 e. The highest BCUT2D eigenvalue weighted by molar-refractivity contribution is 5.82. The molecule has 0 fully saturated rings. The van der Waals surface area contributed by atoms with Crippen LogP contribution in [-0.4, -0.2) is 42.9 Å². The van der Waals surface area contributed by atoms with E-state index in [2.05, 4.69) is 55.0 Å². The summed E-state index contributed by atoms with van der Waals surface area (Å²) in [6.07, 6.45) is 5.11. The summed E-state index contributed by atoms with van der Waals surface area (Å²) in [6.45, 7) is 23.2. The van der Waals surface area contributed by atoms with E-state index < -0.39 is 0 Å². The number of carbonyl (C=O) groups is 2. The monoisotopic (exact) mass is 465 g/mol. The predicted octanol–water partition coefficient (Wildman–Crippen LogP) is 7.17. The zero-order valence-electron chi connectivity index (χ0n) is 23.7. The highest BCUT2D eigenvalue weighted by atomic mass is 16.5. The lowest BCUT2D eigenvalue weighted by Gasteiger charge is -2.40. The Kier molecular flexibility index (Phi) is 15.1. The summed E-state index contributed by atoms with van der Waals surface area (Å²) in [7, 11) is 3.66. The van der Waals surface area contributed by atoms with E-state index in [1.165, 1.54) is 0 Å². The van der Waals surface area contributed by atoms with Crippen molar-refractivity contribution in [3.63, 3.8) is 0 Å². The second kappa shape index (κ2) is 15.7. The van der Waals surface area contributed by atoms with E-state index in [1.807, 2.05) is 25.8 Å². The van der Waals surface area contributed by atoms with Crippen LogP contribution in [0, 0.1) is 35.5 Å². The number of carbonyl (C=O) groups excluding carboxylic acids is 2. The average molecular weight is 466 g/mol. The van der Waals surface area contributed by atoms with E-state index in [4.69, 9.17) is 4.74 Å². The molecule has 0 aliphatic rings. The Balaban J connectivity index is 5.96. The number of rotatable bonds is 17. The highest BCUT2D eigenvalue weighted by Gasteiger charge is 2.38. The molecule has 4 heteroatoms. The molecule has 7 atom stereocenters. The van der Waals surface area contributed by atoms with Gasteiger partial charge in [-0.2, -0.15) is 0 Å². The summed E-state index contributed by atoms with van der Waals surface area (Å²) in [5.74, 6) is 1.20. The lowest BCUT2D eigenvalue weighted by molar-refractivity contribution is -0.141. The summed E-state index contributed by atoms with van der Waals surface area (Å²) >= 11 is 0. The van der Waals surface area contributed by atoms with E-state index in [-0.39, 0.29) is 47.5 Å². The molecule has 0 rings (SSSR count). The fourth-order valence-electron chi connectivity index (χ4n) is 5.00. The maximum absolute atomic E-state index is 13.8. The number of ether oxygens (including phenoxy) is 1. The maximum Gasteiger partial charge on any atom is 0.225 e. The van der Waals surface area contributed by atoms with E-state index in [0.29, 0.717) is 18.3 Å². The molecule has 4 nitrogen and oxygen atoms in total. The van der Waals surface area contributed by atoms with Crippen molar-refractivity contribution in [3.05, 3.63) is 12.2 Å². The van der Waals surface area contributed by atoms with Gasteiger partial charge < -0.3 is 9.64 Å². The van der Waals surface area contributed by atoms with Crippen LogP contribution in [0.2, 0.25) is 0 Å². The van der Waals surface area contributed by atoms with Crippen molar-refractivity contribution in [2.24, 2.45) is 35.5 Å². The minimum absolute atomic E-state index is 0.0265. The number of methoxy groups -OCH3 is 1. The zero-order chi connectivity index (χ0) is 25.9. The summed E-state index contributed by atoms with van der Waals surface area (Å²) < 4.78 is 5.90. The number of amides is 1. The largest absolute Gasteiger partial charge is 0.380 e. The molecule has 0 unspecified atom stereocenters. The molecule has 0 aromatic carbocycles. The molecule has 0 aliphatic carbocycles. The number of nitrogens with zero attached hydrogens (tertiary/aromatic N) is 1. The van der Waals surface area contributed by atoms with Crippen LogP contribution in [0.1, 0.15) is 101 Å². The lowest BCUT2D eigenvalue weighted by atomic mass is 9.76. The minimum atomic E-state index is -0.151. The predicted molar refractivity (Wildman–Crippen MR) is 141 cm³/mol. The van der Waals surface area contributed by atoms with Gasteiger partial charge in [-0.05, 0) is 31.1 Å². The summed E-state index contributed by atoms with van der Waals surface area (Å²) in [5.41, 5.74) is 1.05. The van der Waals surface area contributed by atoms with E-state index in [0.717, 1.165) is 37.7 Å². The molecule has 0 N–H and O–H groups in total. The standard InChI is InChI=1S/C29H55NO3/c1-13-16-17-25(28(33-12)22(9)19(4)5)26(31)18-24(15-3)27(21(8)14-2)30(11)29(32)23(10)20(6)7/h20-25,27-28H,4,13-18H2,1-3,5-12H3/t21-,22-,23-,24+,25+,27-,28+/m0/s1. The molecule has 33 heavy (non-hydrogen) atoms. The fraction of sp³-hybridized carbons (Fsp3) is 0.862. The second-order valence-corrected chi connectivity index (χ2v) is 10.8.